The lowest BCUT2D eigenvalue weighted by atomic mass is 10.4. The van der Waals surface area contributed by atoms with Gasteiger partial charge in [0.2, 0.25) is 5.91 Å². The van der Waals surface area contributed by atoms with Crippen LogP contribution in [-0.2, 0) is 17.9 Å². The van der Waals surface area contributed by atoms with Gasteiger partial charge in [-0.3, -0.25) is 4.79 Å². The molecule has 0 aliphatic carbocycles. The molecular formula is C10H11N5O2. The molecule has 0 aliphatic heterocycles. The number of amides is 1. The van der Waals surface area contributed by atoms with Gasteiger partial charge in [0.25, 0.3) is 0 Å². The molecule has 1 amide bonds. The molecule has 88 valence electrons. The molecule has 0 saturated heterocycles. The smallest absolute Gasteiger partial charge is 0.247 e. The Labute approximate surface area is 97.1 Å². The van der Waals surface area contributed by atoms with Crippen molar-refractivity contribution in [2.24, 2.45) is 0 Å². The first-order valence-electron chi connectivity index (χ1n) is 4.98. The molecule has 2 aromatic heterocycles. The highest BCUT2D eigenvalue weighted by molar-refractivity contribution is 5.89. The van der Waals surface area contributed by atoms with Gasteiger partial charge in [-0.25, -0.2) is 9.67 Å². The summed E-state index contributed by atoms with van der Waals surface area (Å²) in [6.07, 6.45) is 3.10. The quantitative estimate of drug-likeness (QED) is 0.763. The molecule has 0 spiro atoms. The van der Waals surface area contributed by atoms with Crippen molar-refractivity contribution in [1.82, 2.24) is 20.0 Å². The second-order valence-corrected chi connectivity index (χ2v) is 3.33. The van der Waals surface area contributed by atoms with Gasteiger partial charge >= 0.3 is 0 Å². The number of nitrogens with zero attached hydrogens (tertiary/aromatic N) is 4. The van der Waals surface area contributed by atoms with Crippen LogP contribution in [0.25, 0.3) is 0 Å². The van der Waals surface area contributed by atoms with Gasteiger partial charge in [-0.2, -0.15) is 0 Å². The van der Waals surface area contributed by atoms with Gasteiger partial charge in [0.15, 0.2) is 0 Å². The molecule has 0 aliphatic rings. The monoisotopic (exact) mass is 233 g/mol. The van der Waals surface area contributed by atoms with Crippen LogP contribution in [0.15, 0.2) is 30.6 Å². The Morgan fingerprint density at radius 2 is 2.35 bits per heavy atom. The van der Waals surface area contributed by atoms with Crippen LogP contribution < -0.4 is 5.32 Å². The molecule has 0 aromatic carbocycles. The van der Waals surface area contributed by atoms with Crippen molar-refractivity contribution in [2.45, 2.75) is 13.2 Å². The Kier molecular flexibility index (Phi) is 3.41. The van der Waals surface area contributed by atoms with E-state index in [1.54, 1.807) is 24.4 Å². The number of hydrogen-bond acceptors (Lipinski definition) is 5. The largest absolute Gasteiger partial charge is 0.390 e. The van der Waals surface area contributed by atoms with Crippen molar-refractivity contribution in [3.05, 3.63) is 36.3 Å². The number of pyridine rings is 1. The highest BCUT2D eigenvalue weighted by atomic mass is 16.3. The first-order chi connectivity index (χ1) is 8.28. The number of hydrogen-bond donors (Lipinski definition) is 2. The van der Waals surface area contributed by atoms with E-state index in [1.165, 1.54) is 10.9 Å². The number of aromatic nitrogens is 4. The standard InChI is InChI=1S/C10H11N5O2/c16-7-8-5-15(14-13-8)6-10(17)12-9-3-1-2-4-11-9/h1-5,16H,6-7H2,(H,11,12,17). The molecule has 17 heavy (non-hydrogen) atoms. The van der Waals surface area contributed by atoms with Gasteiger partial charge in [-0.05, 0) is 12.1 Å². The third-order valence-electron chi connectivity index (χ3n) is 1.99. The van der Waals surface area contributed by atoms with Crippen LogP contribution in [0, 0.1) is 0 Å². The Morgan fingerprint density at radius 1 is 1.47 bits per heavy atom. The summed E-state index contributed by atoms with van der Waals surface area (Å²) in [7, 11) is 0. The van der Waals surface area contributed by atoms with Crippen LogP contribution in [0.4, 0.5) is 5.82 Å². The van der Waals surface area contributed by atoms with Crippen LogP contribution in [0.2, 0.25) is 0 Å². The van der Waals surface area contributed by atoms with Crippen LogP contribution in [0.1, 0.15) is 5.69 Å². The highest BCUT2D eigenvalue weighted by Gasteiger charge is 2.06. The van der Waals surface area contributed by atoms with E-state index >= 15 is 0 Å². The maximum Gasteiger partial charge on any atom is 0.247 e. The van der Waals surface area contributed by atoms with E-state index in [4.69, 9.17) is 5.11 Å². The molecule has 0 unspecified atom stereocenters. The Hall–Kier alpha value is -2.28. The third kappa shape index (κ3) is 3.08. The minimum Gasteiger partial charge on any atom is -0.390 e. The van der Waals surface area contributed by atoms with Crippen LogP contribution in [-0.4, -0.2) is 31.0 Å². The number of carbonyl (C=O) groups excluding carboxylic acids is 1. The highest BCUT2D eigenvalue weighted by Crippen LogP contribution is 2.00. The van der Waals surface area contributed by atoms with Crippen molar-refractivity contribution < 1.29 is 9.90 Å². The lowest BCUT2D eigenvalue weighted by molar-refractivity contribution is -0.116. The van der Waals surface area contributed by atoms with Crippen LogP contribution >= 0.6 is 0 Å². The molecule has 0 bridgehead atoms. The molecule has 2 N–H and O–H groups in total. The number of aliphatic hydroxyl groups excluding tert-OH is 1. The van der Waals surface area contributed by atoms with Gasteiger partial charge in [-0.15, -0.1) is 5.10 Å². The third-order valence-corrected chi connectivity index (χ3v) is 1.99. The fourth-order valence-electron chi connectivity index (χ4n) is 1.25. The van der Waals surface area contributed by atoms with E-state index in [2.05, 4.69) is 20.6 Å². The summed E-state index contributed by atoms with van der Waals surface area (Å²) in [6.45, 7) is -0.161. The predicted octanol–water partition coefficient (Wildman–Crippen LogP) is -0.196. The topological polar surface area (TPSA) is 92.9 Å². The van der Waals surface area contributed by atoms with E-state index < -0.39 is 0 Å². The molecule has 2 rings (SSSR count). The second-order valence-electron chi connectivity index (χ2n) is 3.33. The first-order valence-corrected chi connectivity index (χ1v) is 4.98. The summed E-state index contributed by atoms with van der Waals surface area (Å²) >= 11 is 0. The van der Waals surface area contributed by atoms with Gasteiger partial charge in [-0.1, -0.05) is 11.3 Å². The molecule has 2 aromatic rings. The van der Waals surface area contributed by atoms with Crippen molar-refractivity contribution in [3.63, 3.8) is 0 Å². The van der Waals surface area contributed by atoms with E-state index in [0.717, 1.165) is 0 Å². The Bertz CT molecular complexity index is 496. The van der Waals surface area contributed by atoms with Gasteiger partial charge in [0, 0.05) is 6.20 Å². The molecule has 7 nitrogen and oxygen atoms in total. The van der Waals surface area contributed by atoms with E-state index in [1.807, 2.05) is 0 Å². The number of anilines is 1. The summed E-state index contributed by atoms with van der Waals surface area (Å²) in [5.74, 6) is 0.234. The minimum absolute atomic E-state index is 0.0313. The maximum absolute atomic E-state index is 11.6. The molecule has 7 heteroatoms. The lowest BCUT2D eigenvalue weighted by Crippen LogP contribution is -2.19. The van der Waals surface area contributed by atoms with Crippen molar-refractivity contribution in [2.75, 3.05) is 5.32 Å². The van der Waals surface area contributed by atoms with E-state index in [0.29, 0.717) is 11.5 Å². The molecule has 2 heterocycles. The zero-order valence-electron chi connectivity index (χ0n) is 8.95. The molecule has 0 atom stereocenters. The summed E-state index contributed by atoms with van der Waals surface area (Å²) in [4.78, 5) is 15.5. The number of aliphatic hydroxyl groups is 1. The molecule has 0 saturated carbocycles. The van der Waals surface area contributed by atoms with Crippen LogP contribution in [0.5, 0.6) is 0 Å². The van der Waals surface area contributed by atoms with Crippen LogP contribution in [0.3, 0.4) is 0 Å². The van der Waals surface area contributed by atoms with E-state index in [-0.39, 0.29) is 19.1 Å². The van der Waals surface area contributed by atoms with Crippen molar-refractivity contribution in [1.29, 1.82) is 0 Å². The fourth-order valence-corrected chi connectivity index (χ4v) is 1.25. The Balaban J connectivity index is 1.93. The van der Waals surface area contributed by atoms with Gasteiger partial charge in [0.05, 0.1) is 12.8 Å². The van der Waals surface area contributed by atoms with E-state index in [9.17, 15) is 4.79 Å². The second kappa shape index (κ2) is 5.17. The summed E-state index contributed by atoms with van der Waals surface area (Å²) < 4.78 is 1.35. The molecular weight excluding hydrogens is 222 g/mol. The minimum atomic E-state index is -0.252. The summed E-state index contributed by atoms with van der Waals surface area (Å²) in [5, 5.41) is 18.8. The average molecular weight is 233 g/mol. The fraction of sp³-hybridized carbons (Fsp3) is 0.200. The number of nitrogens with one attached hydrogen (secondary N) is 1. The Morgan fingerprint density at radius 3 is 3.00 bits per heavy atom. The normalized spacial score (nSPS) is 10.2. The zero-order chi connectivity index (χ0) is 12.1. The number of rotatable bonds is 4. The van der Waals surface area contributed by atoms with Crippen molar-refractivity contribution >= 4 is 11.7 Å². The molecule has 0 fully saturated rings. The summed E-state index contributed by atoms with van der Waals surface area (Å²) in [6, 6.07) is 5.24. The maximum atomic E-state index is 11.6. The van der Waals surface area contributed by atoms with Crippen molar-refractivity contribution in [3.8, 4) is 0 Å². The SMILES string of the molecule is O=C(Cn1cc(CO)nn1)Nc1ccccn1. The average Bonchev–Trinajstić information content (AvgIpc) is 2.78. The van der Waals surface area contributed by atoms with Gasteiger partial charge in [0.1, 0.15) is 18.1 Å². The molecule has 0 radical (unpaired) electrons. The lowest BCUT2D eigenvalue weighted by Gasteiger charge is -2.02. The predicted molar refractivity (Wildman–Crippen MR) is 58.8 cm³/mol. The summed E-state index contributed by atoms with van der Waals surface area (Å²) in [5.41, 5.74) is 0.427. The first kappa shape index (κ1) is 11.2. The number of carbonyl (C=O) groups is 1. The zero-order valence-corrected chi connectivity index (χ0v) is 8.95. The van der Waals surface area contributed by atoms with Gasteiger partial charge < -0.3 is 10.4 Å².